The number of nitrogens with zero attached hydrogens (tertiary/aromatic N) is 1. The van der Waals surface area contributed by atoms with E-state index in [1.165, 1.54) is 0 Å². The number of amides is 1. The van der Waals surface area contributed by atoms with Crippen molar-refractivity contribution < 1.29 is 14.7 Å². The van der Waals surface area contributed by atoms with E-state index in [0.717, 1.165) is 11.1 Å². The van der Waals surface area contributed by atoms with E-state index in [4.69, 9.17) is 11.6 Å². The zero-order valence-electron chi connectivity index (χ0n) is 17.0. The first-order valence-corrected chi connectivity index (χ1v) is 10.3. The summed E-state index contributed by atoms with van der Waals surface area (Å²) in [6.45, 7) is -0.105. The van der Waals surface area contributed by atoms with E-state index >= 15 is 0 Å². The summed E-state index contributed by atoms with van der Waals surface area (Å²) in [6, 6.07) is 20.7. The van der Waals surface area contributed by atoms with Gasteiger partial charge >= 0.3 is 0 Å². The molecule has 0 aliphatic rings. The second-order valence-electron chi connectivity index (χ2n) is 7.32. The Bertz CT molecular complexity index is 1220. The molecule has 4 rings (SSSR count). The van der Waals surface area contributed by atoms with Crippen molar-refractivity contribution in [2.45, 2.75) is 5.60 Å². The third-order valence-corrected chi connectivity index (χ3v) is 5.60. The maximum Gasteiger partial charge on any atom is 0.252 e. The first-order valence-electron chi connectivity index (χ1n) is 9.92. The van der Waals surface area contributed by atoms with Gasteiger partial charge in [-0.2, -0.15) is 5.10 Å². The zero-order chi connectivity index (χ0) is 22.6. The number of aldehydes is 1. The maximum atomic E-state index is 12.8. The van der Waals surface area contributed by atoms with Crippen molar-refractivity contribution in [3.05, 3.63) is 112 Å². The smallest absolute Gasteiger partial charge is 0.252 e. The summed E-state index contributed by atoms with van der Waals surface area (Å²) in [5.74, 6) is -0.449. The van der Waals surface area contributed by atoms with Gasteiger partial charge in [-0.05, 0) is 34.9 Å². The molecule has 3 N–H and O–H groups in total. The van der Waals surface area contributed by atoms with Crippen LogP contribution in [-0.2, 0) is 5.60 Å². The molecule has 1 atom stereocenters. The summed E-state index contributed by atoms with van der Waals surface area (Å²) in [4.78, 5) is 24.1. The molecule has 7 heteroatoms. The highest BCUT2D eigenvalue weighted by Gasteiger charge is 2.32. The molecule has 1 heterocycles. The van der Waals surface area contributed by atoms with Crippen LogP contribution in [0.2, 0.25) is 5.02 Å². The van der Waals surface area contributed by atoms with Gasteiger partial charge in [0, 0.05) is 27.9 Å². The molecular weight excluding hydrogens is 426 g/mol. The van der Waals surface area contributed by atoms with Crippen LogP contribution in [0, 0.1) is 0 Å². The minimum atomic E-state index is -1.52. The maximum absolute atomic E-state index is 12.8. The molecule has 0 spiro atoms. The van der Waals surface area contributed by atoms with Crippen LogP contribution in [0.5, 0.6) is 0 Å². The summed E-state index contributed by atoms with van der Waals surface area (Å²) in [6.07, 6.45) is 4.13. The van der Waals surface area contributed by atoms with Crippen molar-refractivity contribution in [2.75, 3.05) is 6.54 Å². The number of halogens is 1. The van der Waals surface area contributed by atoms with Crippen LogP contribution < -0.4 is 5.32 Å². The topological polar surface area (TPSA) is 95.1 Å². The van der Waals surface area contributed by atoms with E-state index in [1.807, 2.05) is 24.3 Å². The number of carbonyl (C=O) groups excluding carboxylic acids is 2. The van der Waals surface area contributed by atoms with Gasteiger partial charge < -0.3 is 10.4 Å². The molecule has 160 valence electrons. The van der Waals surface area contributed by atoms with Crippen LogP contribution in [0.25, 0.3) is 11.1 Å². The number of aromatic nitrogens is 2. The lowest BCUT2D eigenvalue weighted by atomic mass is 9.85. The molecule has 0 aliphatic carbocycles. The summed E-state index contributed by atoms with van der Waals surface area (Å²) in [5, 5.41) is 21.8. The molecule has 4 aromatic rings. The molecule has 0 fully saturated rings. The lowest BCUT2D eigenvalue weighted by Gasteiger charge is -2.30. The second kappa shape index (κ2) is 9.18. The quantitative estimate of drug-likeness (QED) is 0.371. The number of rotatable bonds is 7. The largest absolute Gasteiger partial charge is 0.379 e. The van der Waals surface area contributed by atoms with Crippen LogP contribution in [0.4, 0.5) is 0 Å². The first kappa shape index (κ1) is 21.5. The van der Waals surface area contributed by atoms with Crippen molar-refractivity contribution in [3.63, 3.8) is 0 Å². The predicted octanol–water partition coefficient (Wildman–Crippen LogP) is 4.21. The summed E-state index contributed by atoms with van der Waals surface area (Å²) >= 11 is 6.03. The molecule has 32 heavy (non-hydrogen) atoms. The zero-order valence-corrected chi connectivity index (χ0v) is 17.7. The molecule has 1 aromatic heterocycles. The Morgan fingerprint density at radius 2 is 1.66 bits per heavy atom. The molecule has 0 aliphatic heterocycles. The lowest BCUT2D eigenvalue weighted by Crippen LogP contribution is -2.42. The number of carbonyl (C=O) groups is 2. The predicted molar refractivity (Wildman–Crippen MR) is 123 cm³/mol. The van der Waals surface area contributed by atoms with E-state index in [9.17, 15) is 14.7 Å². The van der Waals surface area contributed by atoms with Crippen LogP contribution in [-0.4, -0.2) is 34.0 Å². The third-order valence-electron chi connectivity index (χ3n) is 5.35. The molecule has 6 nitrogen and oxygen atoms in total. The average Bonchev–Trinajstić information content (AvgIpc) is 3.38. The fourth-order valence-corrected chi connectivity index (χ4v) is 3.68. The highest BCUT2D eigenvalue weighted by atomic mass is 35.5. The van der Waals surface area contributed by atoms with Gasteiger partial charge in [0.1, 0.15) is 5.60 Å². The summed E-state index contributed by atoms with van der Waals surface area (Å²) in [7, 11) is 0. The molecular formula is C25H20ClN3O3. The van der Waals surface area contributed by atoms with Crippen LogP contribution in [0.15, 0.2) is 85.2 Å². The Morgan fingerprint density at radius 1 is 1.00 bits per heavy atom. The number of benzene rings is 3. The number of nitrogens with one attached hydrogen (secondary N) is 2. The van der Waals surface area contributed by atoms with Crippen LogP contribution in [0.3, 0.4) is 0 Å². The average molecular weight is 446 g/mol. The fraction of sp³-hybridized carbons (Fsp3) is 0.0800. The molecule has 0 bridgehead atoms. The van der Waals surface area contributed by atoms with Crippen LogP contribution >= 0.6 is 11.6 Å². The van der Waals surface area contributed by atoms with E-state index in [0.29, 0.717) is 22.4 Å². The van der Waals surface area contributed by atoms with E-state index in [-0.39, 0.29) is 17.7 Å². The summed E-state index contributed by atoms with van der Waals surface area (Å²) < 4.78 is 0. The number of hydrogen-bond acceptors (Lipinski definition) is 4. The minimum Gasteiger partial charge on any atom is -0.379 e. The molecule has 0 saturated heterocycles. The fourth-order valence-electron chi connectivity index (χ4n) is 3.55. The molecule has 1 unspecified atom stereocenters. The van der Waals surface area contributed by atoms with E-state index < -0.39 is 11.5 Å². The monoisotopic (exact) mass is 445 g/mol. The van der Waals surface area contributed by atoms with Crippen molar-refractivity contribution >= 4 is 23.8 Å². The van der Waals surface area contributed by atoms with Crippen molar-refractivity contribution in [1.29, 1.82) is 0 Å². The Morgan fingerprint density at radius 3 is 2.28 bits per heavy atom. The van der Waals surface area contributed by atoms with Crippen molar-refractivity contribution in [2.24, 2.45) is 0 Å². The Hall–Kier alpha value is -3.74. The van der Waals surface area contributed by atoms with E-state index in [2.05, 4.69) is 15.5 Å². The number of hydrogen-bond donors (Lipinski definition) is 3. The SMILES string of the molecule is O=Cc1ccccc1C(=O)NCC(O)(c1ccc(Cl)cc1)c1ccc(-c2cn[nH]c2)cc1. The van der Waals surface area contributed by atoms with Crippen molar-refractivity contribution in [1.82, 2.24) is 15.5 Å². The molecule has 0 saturated carbocycles. The van der Waals surface area contributed by atoms with Gasteiger partial charge in [-0.1, -0.05) is 66.2 Å². The highest BCUT2D eigenvalue weighted by molar-refractivity contribution is 6.30. The van der Waals surface area contributed by atoms with Crippen LogP contribution in [0.1, 0.15) is 31.8 Å². The lowest BCUT2D eigenvalue weighted by molar-refractivity contribution is 0.0695. The van der Waals surface area contributed by atoms with Gasteiger partial charge in [0.15, 0.2) is 6.29 Å². The van der Waals surface area contributed by atoms with E-state index in [1.54, 1.807) is 60.9 Å². The Balaban J connectivity index is 1.66. The summed E-state index contributed by atoms with van der Waals surface area (Å²) in [5.41, 5.74) is 2.03. The first-order chi connectivity index (χ1) is 15.5. The number of H-pyrrole nitrogens is 1. The normalized spacial score (nSPS) is 12.7. The van der Waals surface area contributed by atoms with Gasteiger partial charge in [-0.3, -0.25) is 14.7 Å². The van der Waals surface area contributed by atoms with Gasteiger partial charge in [-0.25, -0.2) is 0 Å². The molecule has 1 amide bonds. The van der Waals surface area contributed by atoms with Gasteiger partial charge in [-0.15, -0.1) is 0 Å². The Labute approximate surface area is 189 Å². The Kier molecular flexibility index (Phi) is 6.16. The molecule has 3 aromatic carbocycles. The number of aromatic amines is 1. The molecule has 0 radical (unpaired) electrons. The second-order valence-corrected chi connectivity index (χ2v) is 7.76. The highest BCUT2D eigenvalue weighted by Crippen LogP contribution is 2.32. The van der Waals surface area contributed by atoms with Gasteiger partial charge in [0.2, 0.25) is 0 Å². The number of aliphatic hydroxyl groups is 1. The standard InChI is InChI=1S/C25H20ClN3O3/c26-22-11-9-21(10-12-22)25(32,16-27-24(31)23-4-2-1-3-18(23)15-30)20-7-5-17(6-8-20)19-13-28-29-14-19/h1-15,32H,16H2,(H,27,31)(H,28,29). The van der Waals surface area contributed by atoms with Gasteiger partial charge in [0.25, 0.3) is 5.91 Å². The third kappa shape index (κ3) is 4.32. The van der Waals surface area contributed by atoms with Crippen molar-refractivity contribution in [3.8, 4) is 11.1 Å². The van der Waals surface area contributed by atoms with Gasteiger partial charge in [0.05, 0.1) is 12.7 Å². The minimum absolute atomic E-state index is 0.105.